The normalized spacial score (nSPS) is 19.4. The van der Waals surface area contributed by atoms with Crippen LogP contribution in [0.15, 0.2) is 12.3 Å². The SMILES string of the molecule is c1cc2nc(n1)NCCCOCCCCOCCCN2. The fourth-order valence-electron chi connectivity index (χ4n) is 1.92. The summed E-state index contributed by atoms with van der Waals surface area (Å²) in [5, 5.41) is 6.49. The van der Waals surface area contributed by atoms with Crippen LogP contribution in [0.5, 0.6) is 0 Å². The van der Waals surface area contributed by atoms with Gasteiger partial charge in [0.2, 0.25) is 5.95 Å². The number of ether oxygens (including phenoxy) is 2. The molecule has 0 amide bonds. The Balaban J connectivity index is 1.81. The summed E-state index contributed by atoms with van der Waals surface area (Å²) >= 11 is 0. The van der Waals surface area contributed by atoms with E-state index < -0.39 is 0 Å². The van der Waals surface area contributed by atoms with Gasteiger partial charge in [-0.3, -0.25) is 0 Å². The van der Waals surface area contributed by atoms with Crippen LogP contribution in [0, 0.1) is 0 Å². The molecule has 2 N–H and O–H groups in total. The Labute approximate surface area is 120 Å². The molecule has 0 atom stereocenters. The minimum Gasteiger partial charge on any atom is -0.381 e. The van der Waals surface area contributed by atoms with Gasteiger partial charge in [0.15, 0.2) is 0 Å². The molecule has 0 aliphatic carbocycles. The van der Waals surface area contributed by atoms with E-state index in [1.807, 2.05) is 6.07 Å². The van der Waals surface area contributed by atoms with Gasteiger partial charge in [-0.05, 0) is 31.7 Å². The Bertz CT molecular complexity index is 345. The van der Waals surface area contributed by atoms with Crippen molar-refractivity contribution in [2.45, 2.75) is 25.7 Å². The molecule has 6 nitrogen and oxygen atoms in total. The van der Waals surface area contributed by atoms with Crippen LogP contribution in [-0.4, -0.2) is 49.5 Å². The van der Waals surface area contributed by atoms with E-state index >= 15 is 0 Å². The first kappa shape index (κ1) is 15.0. The van der Waals surface area contributed by atoms with E-state index in [4.69, 9.17) is 9.47 Å². The lowest BCUT2D eigenvalue weighted by Gasteiger charge is -2.08. The third-order valence-corrected chi connectivity index (χ3v) is 3.00. The van der Waals surface area contributed by atoms with Crippen LogP contribution >= 0.6 is 0 Å². The summed E-state index contributed by atoms with van der Waals surface area (Å²) in [6.07, 6.45) is 5.83. The Morgan fingerprint density at radius 2 is 1.50 bits per heavy atom. The standard InChI is InChI=1S/C14H24N4O2/c1-2-10-20-12-4-7-16-14-17-8-5-13(18-14)15-6-3-11-19-9-1/h5,8H,1-4,6-7,9-12H2,(H2,15,16,17,18). The summed E-state index contributed by atoms with van der Waals surface area (Å²) in [5.41, 5.74) is 0. The quantitative estimate of drug-likeness (QED) is 0.756. The van der Waals surface area contributed by atoms with E-state index in [0.29, 0.717) is 5.95 Å². The highest BCUT2D eigenvalue weighted by Gasteiger charge is 1.99. The molecule has 0 saturated carbocycles. The van der Waals surface area contributed by atoms with Crippen LogP contribution in [0.2, 0.25) is 0 Å². The molecule has 0 saturated heterocycles. The van der Waals surface area contributed by atoms with Gasteiger partial charge in [0, 0.05) is 45.7 Å². The number of rotatable bonds is 0. The Morgan fingerprint density at radius 3 is 2.25 bits per heavy atom. The predicted octanol–water partition coefficient (Wildman–Crippen LogP) is 1.91. The average molecular weight is 280 g/mol. The zero-order valence-corrected chi connectivity index (χ0v) is 11.9. The lowest BCUT2D eigenvalue weighted by molar-refractivity contribution is 0.102. The molecule has 1 aliphatic heterocycles. The average Bonchev–Trinajstić information content (AvgIpc) is 2.47. The summed E-state index contributed by atoms with van der Waals surface area (Å²) in [4.78, 5) is 8.61. The highest BCUT2D eigenvalue weighted by Crippen LogP contribution is 2.06. The molecule has 2 bridgehead atoms. The van der Waals surface area contributed by atoms with Gasteiger partial charge in [-0.25, -0.2) is 4.98 Å². The van der Waals surface area contributed by atoms with E-state index in [1.165, 1.54) is 0 Å². The third-order valence-electron chi connectivity index (χ3n) is 3.00. The molecule has 6 heteroatoms. The van der Waals surface area contributed by atoms with Gasteiger partial charge in [-0.1, -0.05) is 0 Å². The van der Waals surface area contributed by atoms with Crippen molar-refractivity contribution in [3.8, 4) is 0 Å². The van der Waals surface area contributed by atoms with Crippen LogP contribution in [0.4, 0.5) is 11.8 Å². The van der Waals surface area contributed by atoms with E-state index in [-0.39, 0.29) is 0 Å². The molecule has 0 fully saturated rings. The van der Waals surface area contributed by atoms with Crippen molar-refractivity contribution >= 4 is 11.8 Å². The fraction of sp³-hybridized carbons (Fsp3) is 0.714. The molecule has 112 valence electrons. The van der Waals surface area contributed by atoms with Gasteiger partial charge in [-0.2, -0.15) is 4.98 Å². The van der Waals surface area contributed by atoms with Crippen LogP contribution < -0.4 is 10.6 Å². The lowest BCUT2D eigenvalue weighted by atomic mass is 10.3. The summed E-state index contributed by atoms with van der Waals surface area (Å²) < 4.78 is 11.1. The molecule has 20 heavy (non-hydrogen) atoms. The summed E-state index contributed by atoms with van der Waals surface area (Å²) in [6, 6.07) is 1.88. The third kappa shape index (κ3) is 6.16. The molecule has 0 radical (unpaired) electrons. The predicted molar refractivity (Wildman–Crippen MR) is 79.1 cm³/mol. The number of nitrogens with zero attached hydrogens (tertiary/aromatic N) is 2. The van der Waals surface area contributed by atoms with E-state index in [1.54, 1.807) is 6.20 Å². The Kier molecular flexibility index (Phi) is 7.12. The molecule has 1 aromatic heterocycles. The van der Waals surface area contributed by atoms with Gasteiger partial charge in [0.05, 0.1) is 0 Å². The molecule has 0 spiro atoms. The van der Waals surface area contributed by atoms with Crippen molar-refractivity contribution in [2.24, 2.45) is 0 Å². The second-order valence-corrected chi connectivity index (χ2v) is 4.76. The van der Waals surface area contributed by atoms with Crippen molar-refractivity contribution in [2.75, 3.05) is 50.2 Å². The van der Waals surface area contributed by atoms with Crippen molar-refractivity contribution in [3.05, 3.63) is 12.3 Å². The first-order valence-electron chi connectivity index (χ1n) is 7.41. The molecule has 1 aromatic rings. The first-order valence-corrected chi connectivity index (χ1v) is 7.41. The summed E-state index contributed by atoms with van der Waals surface area (Å²) in [7, 11) is 0. The molecule has 2 rings (SSSR count). The maximum atomic E-state index is 5.57. The maximum Gasteiger partial charge on any atom is 0.224 e. The summed E-state index contributed by atoms with van der Waals surface area (Å²) in [6.45, 7) is 4.88. The van der Waals surface area contributed by atoms with Crippen molar-refractivity contribution in [1.29, 1.82) is 0 Å². The van der Waals surface area contributed by atoms with Crippen LogP contribution in [0.25, 0.3) is 0 Å². The van der Waals surface area contributed by atoms with Gasteiger partial charge in [0.25, 0.3) is 0 Å². The molecular weight excluding hydrogens is 256 g/mol. The molecule has 2 heterocycles. The highest BCUT2D eigenvalue weighted by molar-refractivity contribution is 5.39. The number of hydrogen-bond acceptors (Lipinski definition) is 6. The van der Waals surface area contributed by atoms with Crippen LogP contribution in [-0.2, 0) is 9.47 Å². The molecule has 0 aromatic carbocycles. The number of anilines is 2. The fourth-order valence-corrected chi connectivity index (χ4v) is 1.92. The number of nitrogens with one attached hydrogen (secondary N) is 2. The van der Waals surface area contributed by atoms with Crippen LogP contribution in [0.3, 0.4) is 0 Å². The maximum absolute atomic E-state index is 5.57. The number of aromatic nitrogens is 2. The Morgan fingerprint density at radius 1 is 0.850 bits per heavy atom. The van der Waals surface area contributed by atoms with Crippen LogP contribution in [0.1, 0.15) is 25.7 Å². The van der Waals surface area contributed by atoms with Gasteiger partial charge in [0.1, 0.15) is 5.82 Å². The first-order chi connectivity index (χ1) is 9.95. The Hall–Kier alpha value is -1.40. The van der Waals surface area contributed by atoms with Crippen molar-refractivity contribution in [3.63, 3.8) is 0 Å². The minimum atomic E-state index is 0.663. The summed E-state index contributed by atoms with van der Waals surface area (Å²) in [5.74, 6) is 1.51. The second-order valence-electron chi connectivity index (χ2n) is 4.76. The zero-order valence-electron chi connectivity index (χ0n) is 11.9. The molecule has 1 aliphatic rings. The van der Waals surface area contributed by atoms with Gasteiger partial charge >= 0.3 is 0 Å². The topological polar surface area (TPSA) is 68.3 Å². The van der Waals surface area contributed by atoms with E-state index in [2.05, 4.69) is 20.6 Å². The highest BCUT2D eigenvalue weighted by atomic mass is 16.5. The minimum absolute atomic E-state index is 0.663. The van der Waals surface area contributed by atoms with Crippen molar-refractivity contribution < 1.29 is 9.47 Å². The zero-order chi connectivity index (χ0) is 13.9. The van der Waals surface area contributed by atoms with E-state index in [9.17, 15) is 0 Å². The number of hydrogen-bond donors (Lipinski definition) is 2. The smallest absolute Gasteiger partial charge is 0.224 e. The second kappa shape index (κ2) is 9.50. The molecular formula is C14H24N4O2. The van der Waals surface area contributed by atoms with Crippen molar-refractivity contribution in [1.82, 2.24) is 9.97 Å². The lowest BCUT2D eigenvalue weighted by Crippen LogP contribution is -2.10. The van der Waals surface area contributed by atoms with Gasteiger partial charge < -0.3 is 20.1 Å². The monoisotopic (exact) mass is 280 g/mol. The van der Waals surface area contributed by atoms with Gasteiger partial charge in [-0.15, -0.1) is 0 Å². The largest absolute Gasteiger partial charge is 0.381 e. The van der Waals surface area contributed by atoms with E-state index in [0.717, 1.165) is 71.0 Å². The molecule has 0 unspecified atom stereocenters. The number of fused-ring (bicyclic) bond motifs is 2.